The summed E-state index contributed by atoms with van der Waals surface area (Å²) in [5.41, 5.74) is 0.249. The summed E-state index contributed by atoms with van der Waals surface area (Å²) in [6.07, 6.45) is 6.45. The van der Waals surface area contributed by atoms with Crippen LogP contribution < -0.4 is 5.32 Å². The van der Waals surface area contributed by atoms with E-state index in [1.165, 1.54) is 19.3 Å². The van der Waals surface area contributed by atoms with Gasteiger partial charge in [0.1, 0.15) is 12.4 Å². The summed E-state index contributed by atoms with van der Waals surface area (Å²) in [5, 5.41) is 7.92. The average molecular weight is 345 g/mol. The number of nitrogens with zero attached hydrogens (tertiary/aromatic N) is 4. The molecule has 6 heteroatoms. The largest absolute Gasteiger partial charge is 0.349 e. The van der Waals surface area contributed by atoms with Crippen LogP contribution in [0.25, 0.3) is 0 Å². The number of nitrogens with one attached hydrogen (secondary N) is 1. The number of hydrogen-bond acceptors (Lipinski definition) is 4. The van der Waals surface area contributed by atoms with Crippen LogP contribution in [0.2, 0.25) is 0 Å². The smallest absolute Gasteiger partial charge is 0.242 e. The van der Waals surface area contributed by atoms with Crippen LogP contribution in [0.15, 0.2) is 0 Å². The number of aromatic nitrogens is 3. The molecule has 2 aliphatic heterocycles. The summed E-state index contributed by atoms with van der Waals surface area (Å²) in [6.45, 7) is 10.5. The maximum atomic E-state index is 12.4. The summed E-state index contributed by atoms with van der Waals surface area (Å²) >= 11 is 0. The van der Waals surface area contributed by atoms with Crippen molar-refractivity contribution in [1.82, 2.24) is 25.0 Å². The number of amides is 1. The van der Waals surface area contributed by atoms with Crippen molar-refractivity contribution in [2.24, 2.45) is 5.41 Å². The Morgan fingerprint density at radius 3 is 2.60 bits per heavy atom. The highest BCUT2D eigenvalue weighted by molar-refractivity contribution is 5.77. The molecule has 0 bridgehead atoms. The third kappa shape index (κ3) is 3.89. The standard InChI is InChI=1S/C19H31N5O/c1-18(2,3)6-9-23-10-7-19(8-11-23)12-15-20-17(14-4-5-14)22-24(15)13-16(25)21-19/h14H,4-13H2,1-3H3,(H,21,25). The fourth-order valence-electron chi connectivity index (χ4n) is 3.98. The number of fused-ring (bicyclic) bond motifs is 1. The van der Waals surface area contributed by atoms with E-state index in [4.69, 9.17) is 4.98 Å². The molecule has 1 aliphatic carbocycles. The second kappa shape index (κ2) is 6.08. The zero-order valence-electron chi connectivity index (χ0n) is 15.8. The minimum Gasteiger partial charge on any atom is -0.349 e. The van der Waals surface area contributed by atoms with Crippen LogP contribution in [0.4, 0.5) is 0 Å². The van der Waals surface area contributed by atoms with Crippen LogP contribution >= 0.6 is 0 Å². The van der Waals surface area contributed by atoms with Crippen LogP contribution in [-0.4, -0.2) is 50.7 Å². The van der Waals surface area contributed by atoms with Crippen molar-refractivity contribution in [2.75, 3.05) is 19.6 Å². The normalized spacial score (nSPS) is 24.0. The Labute approximate surface area is 150 Å². The van der Waals surface area contributed by atoms with Gasteiger partial charge in [0.25, 0.3) is 0 Å². The average Bonchev–Trinajstić information content (AvgIpc) is 3.31. The predicted octanol–water partition coefficient (Wildman–Crippen LogP) is 2.10. The van der Waals surface area contributed by atoms with Gasteiger partial charge in [-0.05, 0) is 44.1 Å². The first-order chi connectivity index (χ1) is 11.8. The molecule has 0 atom stereocenters. The van der Waals surface area contributed by atoms with Crippen LogP contribution in [0.1, 0.15) is 70.4 Å². The first-order valence-corrected chi connectivity index (χ1v) is 9.79. The number of piperidine rings is 1. The first-order valence-electron chi connectivity index (χ1n) is 9.79. The Morgan fingerprint density at radius 1 is 1.24 bits per heavy atom. The summed E-state index contributed by atoms with van der Waals surface area (Å²) in [4.78, 5) is 19.8. The van der Waals surface area contributed by atoms with Crippen molar-refractivity contribution in [3.8, 4) is 0 Å². The Kier molecular flexibility index (Phi) is 4.13. The monoisotopic (exact) mass is 345 g/mol. The Balaban J connectivity index is 1.44. The maximum absolute atomic E-state index is 12.4. The summed E-state index contributed by atoms with van der Waals surface area (Å²) in [5.74, 6) is 2.60. The van der Waals surface area contributed by atoms with Gasteiger partial charge in [-0.2, -0.15) is 5.10 Å². The van der Waals surface area contributed by atoms with E-state index in [0.29, 0.717) is 17.9 Å². The highest BCUT2D eigenvalue weighted by Gasteiger charge is 2.40. The van der Waals surface area contributed by atoms with Gasteiger partial charge in [0.05, 0.1) is 0 Å². The molecule has 1 saturated carbocycles. The van der Waals surface area contributed by atoms with E-state index >= 15 is 0 Å². The van der Waals surface area contributed by atoms with E-state index in [1.54, 1.807) is 0 Å². The molecule has 3 heterocycles. The Morgan fingerprint density at radius 2 is 1.96 bits per heavy atom. The molecule has 1 aromatic rings. The van der Waals surface area contributed by atoms with E-state index in [2.05, 4.69) is 36.1 Å². The molecule has 0 unspecified atom stereocenters. The fourth-order valence-corrected chi connectivity index (χ4v) is 3.98. The number of carbonyl (C=O) groups excluding carboxylic acids is 1. The fraction of sp³-hybridized carbons (Fsp3) is 0.842. The van der Waals surface area contributed by atoms with Gasteiger partial charge in [-0.25, -0.2) is 9.67 Å². The summed E-state index contributed by atoms with van der Waals surface area (Å²) in [6, 6.07) is 0. The van der Waals surface area contributed by atoms with E-state index in [1.807, 2.05) is 4.68 Å². The van der Waals surface area contributed by atoms with Gasteiger partial charge >= 0.3 is 0 Å². The molecule has 1 aromatic heterocycles. The molecule has 1 saturated heterocycles. The van der Waals surface area contributed by atoms with E-state index in [0.717, 1.165) is 50.5 Å². The van der Waals surface area contributed by atoms with Crippen LogP contribution in [0, 0.1) is 5.41 Å². The van der Waals surface area contributed by atoms with Crippen molar-refractivity contribution < 1.29 is 4.79 Å². The summed E-state index contributed by atoms with van der Waals surface area (Å²) < 4.78 is 1.85. The first kappa shape index (κ1) is 17.0. The van der Waals surface area contributed by atoms with Gasteiger partial charge in [0.2, 0.25) is 5.91 Å². The van der Waals surface area contributed by atoms with Crippen molar-refractivity contribution >= 4 is 5.91 Å². The van der Waals surface area contributed by atoms with Crippen LogP contribution in [-0.2, 0) is 17.8 Å². The molecule has 3 aliphatic rings. The Hall–Kier alpha value is -1.43. The highest BCUT2D eigenvalue weighted by atomic mass is 16.2. The molecule has 4 rings (SSSR count). The van der Waals surface area contributed by atoms with Crippen LogP contribution in [0.5, 0.6) is 0 Å². The predicted molar refractivity (Wildman–Crippen MR) is 96.3 cm³/mol. The van der Waals surface area contributed by atoms with Crippen LogP contribution in [0.3, 0.4) is 0 Å². The lowest BCUT2D eigenvalue weighted by Gasteiger charge is -2.42. The quantitative estimate of drug-likeness (QED) is 0.911. The third-order valence-electron chi connectivity index (χ3n) is 5.89. The molecule has 25 heavy (non-hydrogen) atoms. The lowest BCUT2D eigenvalue weighted by Crippen LogP contribution is -2.56. The molecular weight excluding hydrogens is 314 g/mol. The number of rotatable bonds is 3. The van der Waals surface area contributed by atoms with E-state index < -0.39 is 0 Å². The molecule has 1 N–H and O–H groups in total. The van der Waals surface area contributed by atoms with Gasteiger partial charge < -0.3 is 10.2 Å². The van der Waals surface area contributed by atoms with Gasteiger partial charge in [-0.1, -0.05) is 20.8 Å². The zero-order valence-corrected chi connectivity index (χ0v) is 15.8. The van der Waals surface area contributed by atoms with Crippen molar-refractivity contribution in [3.05, 3.63) is 11.6 Å². The highest BCUT2D eigenvalue weighted by Crippen LogP contribution is 2.39. The molecule has 0 radical (unpaired) electrons. The van der Waals surface area contributed by atoms with Gasteiger partial charge in [-0.15, -0.1) is 0 Å². The molecule has 1 amide bonds. The molecule has 1 spiro atoms. The van der Waals surface area contributed by atoms with Gasteiger partial charge in [-0.3, -0.25) is 4.79 Å². The minimum absolute atomic E-state index is 0.0918. The molecule has 0 aromatic carbocycles. The SMILES string of the molecule is CC(C)(C)CCN1CCC2(CC1)Cc1nc(C3CC3)nn1CC(=O)N2. The minimum atomic E-state index is -0.128. The van der Waals surface area contributed by atoms with Crippen molar-refractivity contribution in [2.45, 2.75) is 77.3 Å². The van der Waals surface area contributed by atoms with E-state index in [9.17, 15) is 4.79 Å². The second-order valence-corrected chi connectivity index (χ2v) is 9.48. The van der Waals surface area contributed by atoms with E-state index in [-0.39, 0.29) is 11.4 Å². The lowest BCUT2D eigenvalue weighted by atomic mass is 9.83. The molecule has 6 nitrogen and oxygen atoms in total. The Bertz CT molecular complexity index is 647. The zero-order chi connectivity index (χ0) is 17.7. The van der Waals surface area contributed by atoms with Crippen molar-refractivity contribution in [1.29, 1.82) is 0 Å². The second-order valence-electron chi connectivity index (χ2n) is 9.48. The maximum Gasteiger partial charge on any atom is 0.242 e. The third-order valence-corrected chi connectivity index (χ3v) is 5.89. The number of hydrogen-bond donors (Lipinski definition) is 1. The summed E-state index contributed by atoms with van der Waals surface area (Å²) in [7, 11) is 0. The molecule has 2 fully saturated rings. The number of likely N-dealkylation sites (tertiary alicyclic amines) is 1. The molecular formula is C19H31N5O. The lowest BCUT2D eigenvalue weighted by molar-refractivity contribution is -0.123. The molecule has 138 valence electrons. The van der Waals surface area contributed by atoms with Gasteiger partial charge in [0, 0.05) is 31.0 Å². The topological polar surface area (TPSA) is 63.1 Å². The van der Waals surface area contributed by atoms with Crippen molar-refractivity contribution in [3.63, 3.8) is 0 Å². The number of carbonyl (C=O) groups is 1. The van der Waals surface area contributed by atoms with Gasteiger partial charge in [0.15, 0.2) is 5.82 Å².